The van der Waals surface area contributed by atoms with Crippen LogP contribution in [0.4, 0.5) is 5.82 Å². The molecule has 1 aliphatic heterocycles. The largest absolute Gasteiger partial charge is 0.493 e. The van der Waals surface area contributed by atoms with Crippen molar-refractivity contribution in [3.8, 4) is 5.75 Å². The van der Waals surface area contributed by atoms with Gasteiger partial charge in [0, 0.05) is 19.6 Å². The van der Waals surface area contributed by atoms with Crippen molar-refractivity contribution in [3.05, 3.63) is 16.7 Å². The minimum atomic E-state index is 0.838. The number of aromatic nitrogens is 1. The van der Waals surface area contributed by atoms with Gasteiger partial charge in [0.2, 0.25) is 0 Å². The summed E-state index contributed by atoms with van der Waals surface area (Å²) >= 11 is 3.40. The van der Waals surface area contributed by atoms with Crippen molar-refractivity contribution >= 4 is 21.7 Å². The smallest absolute Gasteiger partial charge is 0.172 e. The number of anilines is 1. The standard InChI is InChI=1S/C11H16BrN3O/c1-16-9-3-4-10(12)14-11(9)15-7-2-5-13-6-8-15/h3-4,13H,2,5-8H2,1H3. The third-order valence-corrected chi connectivity index (χ3v) is 3.11. The van der Waals surface area contributed by atoms with Gasteiger partial charge in [0.25, 0.3) is 0 Å². The quantitative estimate of drug-likeness (QED) is 0.839. The van der Waals surface area contributed by atoms with E-state index in [0.29, 0.717) is 0 Å². The molecular weight excluding hydrogens is 270 g/mol. The first-order valence-electron chi connectivity index (χ1n) is 5.47. The summed E-state index contributed by atoms with van der Waals surface area (Å²) in [5.74, 6) is 1.77. The Bertz CT molecular complexity index is 351. The van der Waals surface area contributed by atoms with E-state index in [2.05, 4.69) is 31.1 Å². The summed E-state index contributed by atoms with van der Waals surface area (Å²) in [6.45, 7) is 4.07. The Kier molecular flexibility index (Phi) is 4.01. The Labute approximate surface area is 104 Å². The molecule has 1 fully saturated rings. The molecule has 0 atom stereocenters. The van der Waals surface area contributed by atoms with Gasteiger partial charge in [0.1, 0.15) is 4.60 Å². The summed E-state index contributed by atoms with van der Waals surface area (Å²) in [5.41, 5.74) is 0. The highest BCUT2D eigenvalue weighted by atomic mass is 79.9. The average molecular weight is 286 g/mol. The molecule has 88 valence electrons. The third kappa shape index (κ3) is 2.65. The molecule has 0 aromatic carbocycles. The second-order valence-electron chi connectivity index (χ2n) is 3.75. The van der Waals surface area contributed by atoms with Crippen LogP contribution in [0.5, 0.6) is 5.75 Å². The highest BCUT2D eigenvalue weighted by Gasteiger charge is 2.15. The van der Waals surface area contributed by atoms with Crippen LogP contribution in [-0.4, -0.2) is 38.3 Å². The van der Waals surface area contributed by atoms with Crippen LogP contribution in [0.3, 0.4) is 0 Å². The van der Waals surface area contributed by atoms with Gasteiger partial charge in [0.05, 0.1) is 7.11 Å². The molecule has 1 aliphatic rings. The van der Waals surface area contributed by atoms with Crippen LogP contribution in [0.15, 0.2) is 16.7 Å². The number of halogens is 1. The second-order valence-corrected chi connectivity index (χ2v) is 4.56. The Morgan fingerprint density at radius 3 is 3.06 bits per heavy atom. The highest BCUT2D eigenvalue weighted by Crippen LogP contribution is 2.27. The van der Waals surface area contributed by atoms with Gasteiger partial charge in [-0.3, -0.25) is 0 Å². The first kappa shape index (κ1) is 11.7. The molecule has 0 saturated carbocycles. The Morgan fingerprint density at radius 1 is 1.38 bits per heavy atom. The molecule has 16 heavy (non-hydrogen) atoms. The van der Waals surface area contributed by atoms with E-state index in [-0.39, 0.29) is 0 Å². The van der Waals surface area contributed by atoms with E-state index in [4.69, 9.17) is 4.74 Å². The van der Waals surface area contributed by atoms with Crippen molar-refractivity contribution in [1.29, 1.82) is 0 Å². The molecule has 0 unspecified atom stereocenters. The number of nitrogens with zero attached hydrogens (tertiary/aromatic N) is 2. The summed E-state index contributed by atoms with van der Waals surface area (Å²) < 4.78 is 6.20. The molecule has 5 heteroatoms. The SMILES string of the molecule is COc1ccc(Br)nc1N1CCCNCC1. The van der Waals surface area contributed by atoms with E-state index >= 15 is 0 Å². The molecule has 0 aliphatic carbocycles. The Balaban J connectivity index is 2.25. The molecule has 2 rings (SSSR count). The number of methoxy groups -OCH3 is 1. The average Bonchev–Trinajstić information content (AvgIpc) is 2.57. The van der Waals surface area contributed by atoms with E-state index in [1.54, 1.807) is 7.11 Å². The van der Waals surface area contributed by atoms with Crippen molar-refractivity contribution in [3.63, 3.8) is 0 Å². The molecule has 1 aromatic rings. The van der Waals surface area contributed by atoms with Gasteiger partial charge in [-0.05, 0) is 41.0 Å². The van der Waals surface area contributed by atoms with Gasteiger partial charge in [-0.2, -0.15) is 0 Å². The van der Waals surface area contributed by atoms with Gasteiger partial charge in [0.15, 0.2) is 11.6 Å². The first-order valence-corrected chi connectivity index (χ1v) is 6.27. The molecule has 4 nitrogen and oxygen atoms in total. The van der Waals surface area contributed by atoms with Crippen molar-refractivity contribution in [2.75, 3.05) is 38.2 Å². The van der Waals surface area contributed by atoms with Crippen LogP contribution in [0.2, 0.25) is 0 Å². The zero-order valence-corrected chi connectivity index (χ0v) is 11.0. The van der Waals surface area contributed by atoms with E-state index < -0.39 is 0 Å². The van der Waals surface area contributed by atoms with Gasteiger partial charge in [-0.25, -0.2) is 4.98 Å². The molecule has 1 aromatic heterocycles. The number of rotatable bonds is 2. The van der Waals surface area contributed by atoms with Crippen molar-refractivity contribution < 1.29 is 4.74 Å². The van der Waals surface area contributed by atoms with Crippen molar-refractivity contribution in [1.82, 2.24) is 10.3 Å². The monoisotopic (exact) mass is 285 g/mol. The maximum absolute atomic E-state index is 5.35. The zero-order chi connectivity index (χ0) is 11.4. The van der Waals surface area contributed by atoms with Gasteiger partial charge < -0.3 is 15.0 Å². The van der Waals surface area contributed by atoms with Gasteiger partial charge in [-0.15, -0.1) is 0 Å². The minimum absolute atomic E-state index is 0.838. The van der Waals surface area contributed by atoms with Crippen LogP contribution < -0.4 is 15.0 Å². The summed E-state index contributed by atoms with van der Waals surface area (Å²) in [5, 5.41) is 3.38. The molecule has 0 radical (unpaired) electrons. The van der Waals surface area contributed by atoms with Crippen LogP contribution in [0, 0.1) is 0 Å². The molecule has 1 N–H and O–H groups in total. The van der Waals surface area contributed by atoms with Crippen LogP contribution in [0.25, 0.3) is 0 Å². The molecule has 2 heterocycles. The Hall–Kier alpha value is -0.810. The van der Waals surface area contributed by atoms with Crippen molar-refractivity contribution in [2.24, 2.45) is 0 Å². The highest BCUT2D eigenvalue weighted by molar-refractivity contribution is 9.10. The van der Waals surface area contributed by atoms with E-state index in [9.17, 15) is 0 Å². The second kappa shape index (κ2) is 5.50. The van der Waals surface area contributed by atoms with Gasteiger partial charge >= 0.3 is 0 Å². The lowest BCUT2D eigenvalue weighted by molar-refractivity contribution is 0.412. The third-order valence-electron chi connectivity index (χ3n) is 2.66. The molecule has 0 spiro atoms. The lowest BCUT2D eigenvalue weighted by Gasteiger charge is -2.23. The predicted molar refractivity (Wildman–Crippen MR) is 68.2 cm³/mol. The van der Waals surface area contributed by atoms with Crippen molar-refractivity contribution in [2.45, 2.75) is 6.42 Å². The fourth-order valence-electron chi connectivity index (χ4n) is 1.86. The summed E-state index contributed by atoms with van der Waals surface area (Å²) in [6, 6.07) is 3.85. The fraction of sp³-hybridized carbons (Fsp3) is 0.545. The molecule has 0 bridgehead atoms. The summed E-state index contributed by atoms with van der Waals surface area (Å²) in [7, 11) is 1.69. The Morgan fingerprint density at radius 2 is 2.25 bits per heavy atom. The number of nitrogens with one attached hydrogen (secondary N) is 1. The molecule has 0 amide bonds. The maximum Gasteiger partial charge on any atom is 0.172 e. The van der Waals surface area contributed by atoms with E-state index in [0.717, 1.165) is 48.8 Å². The number of hydrogen-bond acceptors (Lipinski definition) is 4. The zero-order valence-electron chi connectivity index (χ0n) is 9.37. The van der Waals surface area contributed by atoms with E-state index in [1.807, 2.05) is 12.1 Å². The van der Waals surface area contributed by atoms with Crippen LogP contribution >= 0.6 is 15.9 Å². The summed E-state index contributed by atoms with van der Waals surface area (Å²) in [6.07, 6.45) is 1.14. The molecular formula is C11H16BrN3O. The summed E-state index contributed by atoms with van der Waals surface area (Å²) in [4.78, 5) is 6.77. The lowest BCUT2D eigenvalue weighted by Crippen LogP contribution is -2.29. The number of ether oxygens (including phenoxy) is 1. The van der Waals surface area contributed by atoms with Gasteiger partial charge in [-0.1, -0.05) is 0 Å². The van der Waals surface area contributed by atoms with Crippen LogP contribution in [0.1, 0.15) is 6.42 Å². The first-order chi connectivity index (χ1) is 7.81. The number of pyridine rings is 1. The fourth-order valence-corrected chi connectivity index (χ4v) is 2.16. The predicted octanol–water partition coefficient (Wildman–Crippen LogP) is 1.65. The van der Waals surface area contributed by atoms with E-state index in [1.165, 1.54) is 0 Å². The molecule has 1 saturated heterocycles. The number of hydrogen-bond donors (Lipinski definition) is 1. The van der Waals surface area contributed by atoms with Crippen LogP contribution in [-0.2, 0) is 0 Å². The minimum Gasteiger partial charge on any atom is -0.493 e. The topological polar surface area (TPSA) is 37.4 Å². The normalized spacial score (nSPS) is 17.0. The lowest BCUT2D eigenvalue weighted by atomic mass is 10.3. The maximum atomic E-state index is 5.35.